The van der Waals surface area contributed by atoms with Gasteiger partial charge < -0.3 is 15.0 Å². The number of methoxy groups -OCH3 is 1. The van der Waals surface area contributed by atoms with Gasteiger partial charge in [0.25, 0.3) is 0 Å². The van der Waals surface area contributed by atoms with Crippen molar-refractivity contribution in [3.8, 4) is 11.8 Å². The van der Waals surface area contributed by atoms with Crippen LogP contribution in [0.5, 0.6) is 5.75 Å². The lowest BCUT2D eigenvalue weighted by molar-refractivity contribution is 0.186. The molecular weight excluding hydrogens is 254 g/mol. The molecule has 0 spiro atoms. The van der Waals surface area contributed by atoms with Gasteiger partial charge in [-0.05, 0) is 30.9 Å². The zero-order chi connectivity index (χ0) is 14.5. The highest BCUT2D eigenvalue weighted by molar-refractivity contribution is 5.91. The third-order valence-electron chi connectivity index (χ3n) is 3.64. The van der Waals surface area contributed by atoms with Crippen LogP contribution in [-0.2, 0) is 0 Å². The van der Waals surface area contributed by atoms with E-state index in [4.69, 9.17) is 10.00 Å². The number of nitrogens with one attached hydrogen (secondary N) is 1. The molecule has 1 saturated heterocycles. The molecular formula is C15H19N3O2. The Bertz CT molecular complexity index is 528. The second kappa shape index (κ2) is 6.29. The summed E-state index contributed by atoms with van der Waals surface area (Å²) in [5.41, 5.74) is 1.10. The van der Waals surface area contributed by atoms with Crippen LogP contribution in [0.2, 0.25) is 0 Å². The van der Waals surface area contributed by atoms with Gasteiger partial charge in [0.15, 0.2) is 0 Å². The first-order chi connectivity index (χ1) is 9.63. The maximum atomic E-state index is 12.2. The lowest BCUT2D eigenvalue weighted by atomic mass is 10.00. The fourth-order valence-electron chi connectivity index (χ4n) is 2.27. The number of likely N-dealkylation sites (tertiary alicyclic amines) is 1. The number of urea groups is 1. The summed E-state index contributed by atoms with van der Waals surface area (Å²) in [5, 5.41) is 11.7. The van der Waals surface area contributed by atoms with Crippen molar-refractivity contribution >= 4 is 11.7 Å². The van der Waals surface area contributed by atoms with Gasteiger partial charge in [0.2, 0.25) is 0 Å². The molecule has 0 saturated carbocycles. The molecule has 2 amide bonds. The van der Waals surface area contributed by atoms with Crippen LogP contribution in [0.4, 0.5) is 10.5 Å². The van der Waals surface area contributed by atoms with Crippen LogP contribution in [0.1, 0.15) is 25.3 Å². The van der Waals surface area contributed by atoms with Crippen molar-refractivity contribution in [2.75, 3.05) is 25.5 Å². The highest BCUT2D eigenvalue weighted by Crippen LogP contribution is 2.26. The van der Waals surface area contributed by atoms with Crippen LogP contribution in [0, 0.1) is 17.2 Å². The molecule has 1 fully saturated rings. The van der Waals surface area contributed by atoms with Crippen LogP contribution in [0.25, 0.3) is 0 Å². The van der Waals surface area contributed by atoms with Gasteiger partial charge in [-0.15, -0.1) is 0 Å². The molecule has 5 nitrogen and oxygen atoms in total. The van der Waals surface area contributed by atoms with E-state index < -0.39 is 0 Å². The van der Waals surface area contributed by atoms with E-state index in [-0.39, 0.29) is 6.03 Å². The minimum Gasteiger partial charge on any atom is -0.495 e. The molecule has 1 heterocycles. The molecule has 5 heteroatoms. The fourth-order valence-corrected chi connectivity index (χ4v) is 2.27. The Morgan fingerprint density at radius 3 is 2.75 bits per heavy atom. The van der Waals surface area contributed by atoms with Crippen molar-refractivity contribution < 1.29 is 9.53 Å². The third kappa shape index (κ3) is 3.21. The molecule has 2 rings (SSSR count). The van der Waals surface area contributed by atoms with Crippen molar-refractivity contribution in [2.45, 2.75) is 19.8 Å². The van der Waals surface area contributed by atoms with E-state index in [1.807, 2.05) is 11.0 Å². The smallest absolute Gasteiger partial charge is 0.321 e. The number of piperidine rings is 1. The molecule has 0 aliphatic carbocycles. The van der Waals surface area contributed by atoms with Gasteiger partial charge in [0.05, 0.1) is 24.4 Å². The first kappa shape index (κ1) is 14.2. The molecule has 20 heavy (non-hydrogen) atoms. The predicted molar refractivity (Wildman–Crippen MR) is 76.7 cm³/mol. The fraction of sp³-hybridized carbons (Fsp3) is 0.467. The number of benzene rings is 1. The lowest BCUT2D eigenvalue weighted by Gasteiger charge is -2.30. The number of nitrogens with zero attached hydrogens (tertiary/aromatic N) is 2. The second-order valence-electron chi connectivity index (χ2n) is 5.13. The number of ether oxygens (including phenoxy) is 1. The van der Waals surface area contributed by atoms with Crippen LogP contribution in [0.3, 0.4) is 0 Å². The summed E-state index contributed by atoms with van der Waals surface area (Å²) in [5.74, 6) is 1.19. The number of carbonyl (C=O) groups is 1. The quantitative estimate of drug-likeness (QED) is 0.901. The number of carbonyl (C=O) groups excluding carboxylic acids is 1. The number of hydrogen-bond donors (Lipinski definition) is 1. The van der Waals surface area contributed by atoms with Crippen LogP contribution < -0.4 is 10.1 Å². The zero-order valence-electron chi connectivity index (χ0n) is 11.8. The average molecular weight is 273 g/mol. The van der Waals surface area contributed by atoms with Crippen molar-refractivity contribution in [1.29, 1.82) is 5.26 Å². The summed E-state index contributed by atoms with van der Waals surface area (Å²) >= 11 is 0. The van der Waals surface area contributed by atoms with E-state index in [1.54, 1.807) is 18.2 Å². The number of hydrogen-bond acceptors (Lipinski definition) is 3. The first-order valence-electron chi connectivity index (χ1n) is 6.78. The lowest BCUT2D eigenvalue weighted by Crippen LogP contribution is -2.40. The van der Waals surface area contributed by atoms with Gasteiger partial charge in [-0.3, -0.25) is 0 Å². The van der Waals surface area contributed by atoms with E-state index in [0.29, 0.717) is 22.9 Å². The minimum absolute atomic E-state index is 0.111. The van der Waals surface area contributed by atoms with Crippen LogP contribution in [0.15, 0.2) is 18.2 Å². The normalized spacial score (nSPS) is 15.6. The van der Waals surface area contributed by atoms with E-state index >= 15 is 0 Å². The maximum Gasteiger partial charge on any atom is 0.321 e. The Kier molecular flexibility index (Phi) is 4.46. The summed E-state index contributed by atoms with van der Waals surface area (Å²) < 4.78 is 5.21. The van der Waals surface area contributed by atoms with Crippen molar-refractivity contribution in [3.63, 3.8) is 0 Å². The zero-order valence-corrected chi connectivity index (χ0v) is 11.8. The van der Waals surface area contributed by atoms with Gasteiger partial charge in [-0.25, -0.2) is 4.79 Å². The van der Waals surface area contributed by atoms with E-state index in [0.717, 1.165) is 25.9 Å². The van der Waals surface area contributed by atoms with E-state index in [9.17, 15) is 4.79 Å². The number of amides is 2. The molecule has 1 aromatic rings. The van der Waals surface area contributed by atoms with Gasteiger partial charge in [0.1, 0.15) is 5.75 Å². The van der Waals surface area contributed by atoms with Crippen LogP contribution in [-0.4, -0.2) is 31.1 Å². The molecule has 106 valence electrons. The minimum atomic E-state index is -0.111. The molecule has 1 aliphatic rings. The summed E-state index contributed by atoms with van der Waals surface area (Å²) in [6.45, 7) is 3.77. The summed E-state index contributed by atoms with van der Waals surface area (Å²) in [6.07, 6.45) is 2.08. The number of rotatable bonds is 2. The second-order valence-corrected chi connectivity index (χ2v) is 5.13. The van der Waals surface area contributed by atoms with Gasteiger partial charge in [0, 0.05) is 19.2 Å². The Morgan fingerprint density at radius 2 is 2.15 bits per heavy atom. The predicted octanol–water partition coefficient (Wildman–Crippen LogP) is 2.83. The molecule has 0 radical (unpaired) electrons. The Morgan fingerprint density at radius 1 is 1.45 bits per heavy atom. The number of nitriles is 1. The van der Waals surface area contributed by atoms with Gasteiger partial charge in [-0.1, -0.05) is 6.92 Å². The molecule has 0 unspecified atom stereocenters. The van der Waals surface area contributed by atoms with Crippen molar-refractivity contribution in [3.05, 3.63) is 23.8 Å². The van der Waals surface area contributed by atoms with Gasteiger partial charge in [-0.2, -0.15) is 5.26 Å². The molecule has 0 atom stereocenters. The summed E-state index contributed by atoms with van der Waals surface area (Å²) in [4.78, 5) is 14.0. The topological polar surface area (TPSA) is 65.4 Å². The van der Waals surface area contributed by atoms with E-state index in [1.165, 1.54) is 7.11 Å². The number of anilines is 1. The van der Waals surface area contributed by atoms with Crippen molar-refractivity contribution in [1.82, 2.24) is 4.90 Å². The Balaban J connectivity index is 2.06. The van der Waals surface area contributed by atoms with Crippen LogP contribution >= 0.6 is 0 Å². The molecule has 0 aromatic heterocycles. The summed E-state index contributed by atoms with van der Waals surface area (Å²) in [6, 6.07) is 6.91. The average Bonchev–Trinajstić information content (AvgIpc) is 2.48. The van der Waals surface area contributed by atoms with Crippen molar-refractivity contribution in [2.24, 2.45) is 5.92 Å². The first-order valence-corrected chi connectivity index (χ1v) is 6.78. The molecule has 1 N–H and O–H groups in total. The molecule has 1 aromatic carbocycles. The highest BCUT2D eigenvalue weighted by Gasteiger charge is 2.21. The monoisotopic (exact) mass is 273 g/mol. The molecule has 1 aliphatic heterocycles. The van der Waals surface area contributed by atoms with Gasteiger partial charge >= 0.3 is 6.03 Å². The highest BCUT2D eigenvalue weighted by atomic mass is 16.5. The Labute approximate surface area is 119 Å². The molecule has 0 bridgehead atoms. The SMILES string of the molecule is COc1cc(C#N)ccc1NC(=O)N1CCC(C)CC1. The van der Waals surface area contributed by atoms with E-state index in [2.05, 4.69) is 12.2 Å². The largest absolute Gasteiger partial charge is 0.495 e. The Hall–Kier alpha value is -2.22. The third-order valence-corrected chi connectivity index (χ3v) is 3.64. The summed E-state index contributed by atoms with van der Waals surface area (Å²) in [7, 11) is 1.52. The maximum absolute atomic E-state index is 12.2. The standard InChI is InChI=1S/C15H19N3O2/c1-11-5-7-18(8-6-11)15(19)17-13-4-3-12(10-16)9-14(13)20-2/h3-4,9,11H,5-8H2,1-2H3,(H,17,19).